The second kappa shape index (κ2) is 2.96. The molecule has 0 radical (unpaired) electrons. The van der Waals surface area contributed by atoms with E-state index in [0.29, 0.717) is 6.54 Å². The van der Waals surface area contributed by atoms with E-state index in [2.05, 4.69) is 11.9 Å². The molecule has 0 bridgehead atoms. The maximum absolute atomic E-state index is 12.1. The highest BCUT2D eigenvalue weighted by Gasteiger charge is 2.53. The molecule has 1 spiro atoms. The Morgan fingerprint density at radius 2 is 1.87 bits per heavy atom. The summed E-state index contributed by atoms with van der Waals surface area (Å²) in [7, 11) is -0.818. The fourth-order valence-electron chi connectivity index (χ4n) is 2.50. The molecule has 5 heteroatoms. The molecule has 2 aliphatic carbocycles. The van der Waals surface area contributed by atoms with Crippen LogP contribution in [-0.2, 0) is 10.0 Å². The first-order valence-corrected chi connectivity index (χ1v) is 7.25. The zero-order valence-electron chi connectivity index (χ0n) is 9.15. The van der Waals surface area contributed by atoms with Gasteiger partial charge in [0.1, 0.15) is 0 Å². The predicted octanol–water partition coefficient (Wildman–Crippen LogP) is 0.259. The average Bonchev–Trinajstić information content (AvgIpc) is 3.02. The summed E-state index contributed by atoms with van der Waals surface area (Å²) in [5.74, 6) is 0. The van der Waals surface area contributed by atoms with E-state index in [1.54, 1.807) is 4.31 Å². The monoisotopic (exact) mass is 230 g/mol. The Morgan fingerprint density at radius 1 is 1.20 bits per heavy atom. The zero-order valence-corrected chi connectivity index (χ0v) is 9.96. The topological polar surface area (TPSA) is 40.6 Å². The van der Waals surface area contributed by atoms with Crippen LogP contribution in [0.5, 0.6) is 0 Å². The molecule has 0 aromatic carbocycles. The fourth-order valence-corrected chi connectivity index (χ4v) is 4.41. The number of likely N-dealkylation sites (N-methyl/N-ethyl adjacent to an activating group) is 1. The maximum atomic E-state index is 12.1. The lowest BCUT2D eigenvalue weighted by molar-refractivity contribution is 0.129. The van der Waals surface area contributed by atoms with Gasteiger partial charge in [-0.2, -0.15) is 4.31 Å². The van der Waals surface area contributed by atoms with Gasteiger partial charge in [-0.3, -0.25) is 4.90 Å². The summed E-state index contributed by atoms with van der Waals surface area (Å²) >= 11 is 0. The van der Waals surface area contributed by atoms with E-state index in [9.17, 15) is 8.42 Å². The highest BCUT2D eigenvalue weighted by atomic mass is 32.2. The highest BCUT2D eigenvalue weighted by Crippen LogP contribution is 2.45. The van der Waals surface area contributed by atoms with Crippen molar-refractivity contribution < 1.29 is 8.42 Å². The van der Waals surface area contributed by atoms with Crippen LogP contribution in [0.1, 0.15) is 25.7 Å². The number of nitrogens with zero attached hydrogens (tertiary/aromatic N) is 2. The molecule has 15 heavy (non-hydrogen) atoms. The van der Waals surface area contributed by atoms with Gasteiger partial charge in [0.2, 0.25) is 10.0 Å². The van der Waals surface area contributed by atoms with Crippen LogP contribution in [0.4, 0.5) is 0 Å². The van der Waals surface area contributed by atoms with Gasteiger partial charge in [-0.05, 0) is 32.7 Å². The molecule has 1 aliphatic heterocycles. The number of hydrogen-bond acceptors (Lipinski definition) is 3. The second-order valence-electron chi connectivity index (χ2n) is 5.22. The Bertz CT molecular complexity index is 371. The molecular weight excluding hydrogens is 212 g/mol. The van der Waals surface area contributed by atoms with Crippen molar-refractivity contribution in [2.75, 3.05) is 26.7 Å². The van der Waals surface area contributed by atoms with E-state index in [-0.39, 0.29) is 10.8 Å². The van der Waals surface area contributed by atoms with Crippen LogP contribution in [-0.4, -0.2) is 55.1 Å². The van der Waals surface area contributed by atoms with Gasteiger partial charge in [0.25, 0.3) is 0 Å². The number of hydrogen-bond donors (Lipinski definition) is 0. The van der Waals surface area contributed by atoms with E-state index in [1.807, 2.05) is 0 Å². The van der Waals surface area contributed by atoms with Gasteiger partial charge in [0.15, 0.2) is 0 Å². The SMILES string of the molecule is CN1CCN(S(=O)(=O)C2CC2)CC12CC2. The van der Waals surface area contributed by atoms with Crippen molar-refractivity contribution in [3.05, 3.63) is 0 Å². The molecule has 0 unspecified atom stereocenters. The first-order valence-electron chi connectivity index (χ1n) is 5.75. The Hall–Kier alpha value is -0.130. The summed E-state index contributed by atoms with van der Waals surface area (Å²) in [6.07, 6.45) is 4.09. The molecule has 1 heterocycles. The first kappa shape index (κ1) is 10.1. The smallest absolute Gasteiger partial charge is 0.217 e. The normalized spacial score (nSPS) is 32.1. The number of piperazine rings is 1. The molecule has 0 aromatic rings. The summed E-state index contributed by atoms with van der Waals surface area (Å²) in [5.41, 5.74) is 0.209. The van der Waals surface area contributed by atoms with Crippen molar-refractivity contribution in [1.29, 1.82) is 0 Å². The van der Waals surface area contributed by atoms with Crippen LogP contribution in [0.3, 0.4) is 0 Å². The first-order chi connectivity index (χ1) is 7.05. The molecule has 0 atom stereocenters. The third-order valence-electron chi connectivity index (χ3n) is 4.10. The van der Waals surface area contributed by atoms with Crippen LogP contribution >= 0.6 is 0 Å². The summed E-state index contributed by atoms with van der Waals surface area (Å²) in [5, 5.41) is -0.0447. The molecular formula is C10H18N2O2S. The van der Waals surface area contributed by atoms with Gasteiger partial charge in [-0.1, -0.05) is 0 Å². The number of rotatable bonds is 2. The largest absolute Gasteiger partial charge is 0.298 e. The summed E-state index contributed by atoms with van der Waals surface area (Å²) < 4.78 is 25.9. The van der Waals surface area contributed by atoms with Crippen molar-refractivity contribution >= 4 is 10.0 Å². The maximum Gasteiger partial charge on any atom is 0.217 e. The molecule has 0 aromatic heterocycles. The van der Waals surface area contributed by atoms with Crippen LogP contribution in [0.15, 0.2) is 0 Å². The second-order valence-corrected chi connectivity index (χ2v) is 7.44. The Morgan fingerprint density at radius 3 is 2.40 bits per heavy atom. The summed E-state index contributed by atoms with van der Waals surface area (Å²) in [6, 6.07) is 0. The Labute approximate surface area is 91.3 Å². The van der Waals surface area contributed by atoms with Crippen molar-refractivity contribution in [2.45, 2.75) is 36.5 Å². The van der Waals surface area contributed by atoms with Crippen molar-refractivity contribution in [3.8, 4) is 0 Å². The minimum Gasteiger partial charge on any atom is -0.298 e. The minimum absolute atomic E-state index is 0.0447. The molecule has 86 valence electrons. The van der Waals surface area contributed by atoms with E-state index in [1.165, 1.54) is 12.8 Å². The lowest BCUT2D eigenvalue weighted by Gasteiger charge is -2.39. The average molecular weight is 230 g/mol. The predicted molar refractivity (Wildman–Crippen MR) is 58.1 cm³/mol. The van der Waals surface area contributed by atoms with Gasteiger partial charge in [0.05, 0.1) is 5.25 Å². The van der Waals surface area contributed by atoms with E-state index < -0.39 is 10.0 Å². The Kier molecular flexibility index (Phi) is 1.98. The van der Waals surface area contributed by atoms with Crippen molar-refractivity contribution in [1.82, 2.24) is 9.21 Å². The highest BCUT2D eigenvalue weighted by molar-refractivity contribution is 7.90. The quantitative estimate of drug-likeness (QED) is 0.683. The standard InChI is InChI=1S/C10H18N2O2S/c1-11-6-7-12(8-10(11)4-5-10)15(13,14)9-2-3-9/h9H,2-8H2,1H3. The summed E-state index contributed by atoms with van der Waals surface area (Å²) in [6.45, 7) is 2.32. The molecule has 3 rings (SSSR count). The lowest BCUT2D eigenvalue weighted by Crippen LogP contribution is -2.55. The Balaban J connectivity index is 1.78. The van der Waals surface area contributed by atoms with E-state index in [4.69, 9.17) is 0 Å². The van der Waals surface area contributed by atoms with Crippen LogP contribution in [0, 0.1) is 0 Å². The van der Waals surface area contributed by atoms with E-state index in [0.717, 1.165) is 25.9 Å². The lowest BCUT2D eigenvalue weighted by atomic mass is 10.2. The van der Waals surface area contributed by atoms with Gasteiger partial charge in [-0.25, -0.2) is 8.42 Å². The molecule has 3 aliphatic rings. The van der Waals surface area contributed by atoms with Gasteiger partial charge in [-0.15, -0.1) is 0 Å². The zero-order chi connectivity index (χ0) is 10.7. The van der Waals surface area contributed by atoms with Crippen molar-refractivity contribution in [3.63, 3.8) is 0 Å². The van der Waals surface area contributed by atoms with E-state index >= 15 is 0 Å². The van der Waals surface area contributed by atoms with Crippen LogP contribution in [0.2, 0.25) is 0 Å². The molecule has 3 fully saturated rings. The summed E-state index contributed by atoms with van der Waals surface area (Å²) in [4.78, 5) is 2.34. The third kappa shape index (κ3) is 1.52. The van der Waals surface area contributed by atoms with Crippen molar-refractivity contribution in [2.24, 2.45) is 0 Å². The van der Waals surface area contributed by atoms with Gasteiger partial charge in [0, 0.05) is 25.2 Å². The number of sulfonamides is 1. The van der Waals surface area contributed by atoms with Gasteiger partial charge < -0.3 is 0 Å². The van der Waals surface area contributed by atoms with Crippen LogP contribution in [0.25, 0.3) is 0 Å². The van der Waals surface area contributed by atoms with Crippen LogP contribution < -0.4 is 0 Å². The molecule has 0 N–H and O–H groups in total. The van der Waals surface area contributed by atoms with Gasteiger partial charge >= 0.3 is 0 Å². The molecule has 4 nitrogen and oxygen atoms in total. The molecule has 0 amide bonds. The molecule has 2 saturated carbocycles. The molecule has 1 saturated heterocycles. The fraction of sp³-hybridized carbons (Fsp3) is 1.00. The third-order valence-corrected chi connectivity index (χ3v) is 6.44. The minimum atomic E-state index is -2.94.